The van der Waals surface area contributed by atoms with Crippen molar-refractivity contribution in [2.24, 2.45) is 10.7 Å². The number of fused-ring (bicyclic) bond motifs is 3. The number of amides is 1. The third-order valence-electron chi connectivity index (χ3n) is 7.09. The van der Waals surface area contributed by atoms with Crippen molar-refractivity contribution in [3.8, 4) is 22.8 Å². The highest BCUT2D eigenvalue weighted by molar-refractivity contribution is 5.91. The maximum Gasteiger partial charge on any atom is 0.330 e. The zero-order valence-corrected chi connectivity index (χ0v) is 24.4. The number of hydrogen-bond donors (Lipinski definition) is 4. The van der Waals surface area contributed by atoms with Crippen molar-refractivity contribution in [1.82, 2.24) is 19.8 Å². The maximum absolute atomic E-state index is 14.0. The van der Waals surface area contributed by atoms with E-state index in [4.69, 9.17) is 20.2 Å². The number of primary amides is 1. The van der Waals surface area contributed by atoms with Crippen LogP contribution in [-0.4, -0.2) is 47.5 Å². The minimum atomic E-state index is -0.804. The van der Waals surface area contributed by atoms with Gasteiger partial charge in [-0.1, -0.05) is 17.7 Å². The zero-order chi connectivity index (χ0) is 29.8. The molecule has 0 atom stereocenters. The fraction of sp³-hybridized carbons (Fsp3) is 0.367. The summed E-state index contributed by atoms with van der Waals surface area (Å²) in [7, 11) is 3.08. The summed E-state index contributed by atoms with van der Waals surface area (Å²) in [5, 5.41) is 15.7. The Kier molecular flexibility index (Phi) is 8.75. The van der Waals surface area contributed by atoms with Crippen LogP contribution in [0.2, 0.25) is 0 Å². The van der Waals surface area contributed by atoms with Gasteiger partial charge in [0.2, 0.25) is 5.88 Å². The fourth-order valence-electron chi connectivity index (χ4n) is 5.27. The number of aliphatic hydroxyl groups is 1. The molecule has 0 saturated carbocycles. The summed E-state index contributed by atoms with van der Waals surface area (Å²) in [4.78, 5) is 30.6. The molecule has 0 bridgehead atoms. The van der Waals surface area contributed by atoms with E-state index in [1.807, 2.05) is 45.9 Å². The molecule has 41 heavy (non-hydrogen) atoms. The molecule has 0 saturated heterocycles. The second-order valence-electron chi connectivity index (χ2n) is 9.94. The summed E-state index contributed by atoms with van der Waals surface area (Å²) in [6.07, 6.45) is 0.644. The first-order valence-corrected chi connectivity index (χ1v) is 13.6. The highest BCUT2D eigenvalue weighted by Gasteiger charge is 2.23. The number of likely N-dealkylation sites (N-methyl/N-ethyl adjacent to an activating group) is 1. The maximum atomic E-state index is 14.0. The number of nitrogens with zero attached hydrogens (tertiary/aromatic N) is 3. The van der Waals surface area contributed by atoms with Crippen molar-refractivity contribution < 1.29 is 19.4 Å². The second kappa shape index (κ2) is 12.2. The lowest BCUT2D eigenvalue weighted by Gasteiger charge is -2.25. The molecule has 218 valence electrons. The molecule has 5 N–H and O–H groups in total. The first-order valence-electron chi connectivity index (χ1n) is 13.6. The first kappa shape index (κ1) is 29.3. The van der Waals surface area contributed by atoms with E-state index >= 15 is 0 Å². The summed E-state index contributed by atoms with van der Waals surface area (Å²) in [6.45, 7) is 9.25. The monoisotopic (exact) mass is 562 g/mol. The second-order valence-corrected chi connectivity index (χ2v) is 9.94. The third kappa shape index (κ3) is 5.93. The van der Waals surface area contributed by atoms with Gasteiger partial charge in [-0.15, -0.1) is 0 Å². The quantitative estimate of drug-likeness (QED) is 0.219. The molecule has 2 aromatic carbocycles. The average Bonchev–Trinajstić information content (AvgIpc) is 2.92. The minimum Gasteiger partial charge on any atom is -0.493 e. The molecular weight excluding hydrogens is 524 g/mol. The van der Waals surface area contributed by atoms with Gasteiger partial charge in [-0.2, -0.15) is 0 Å². The van der Waals surface area contributed by atoms with Gasteiger partial charge in [-0.25, -0.2) is 9.79 Å². The number of ether oxygens (including phenoxy) is 2. The minimum absolute atomic E-state index is 0.139. The molecule has 11 nitrogen and oxygen atoms in total. The molecule has 2 heterocycles. The highest BCUT2D eigenvalue weighted by atomic mass is 16.5. The van der Waals surface area contributed by atoms with E-state index in [-0.39, 0.29) is 24.5 Å². The summed E-state index contributed by atoms with van der Waals surface area (Å²) in [5.41, 5.74) is 12.0. The van der Waals surface area contributed by atoms with Gasteiger partial charge in [0.25, 0.3) is 5.91 Å². The highest BCUT2D eigenvalue weighted by Crippen LogP contribution is 2.37. The number of aryl methyl sites for hydroxylation is 4. The molecule has 1 aromatic heterocycles. The molecule has 0 radical (unpaired) electrons. The number of aliphatic hydroxyl groups excluding tert-OH is 1. The number of methoxy groups -OCH3 is 1. The number of nitrogens with two attached hydrogens (primary N) is 1. The zero-order valence-electron chi connectivity index (χ0n) is 24.4. The SMILES string of the molecule is CCOc1cc2c(cc1OC)-c1cc(=Nc3c(C)cc(C)cc3C)n(CCNC(O)=C(NC)C(N)=O)c(=O)n1CC2. The van der Waals surface area contributed by atoms with E-state index in [2.05, 4.69) is 22.8 Å². The molecule has 0 aliphatic carbocycles. The number of carbonyl (C=O) groups is 1. The van der Waals surface area contributed by atoms with Crippen molar-refractivity contribution in [2.45, 2.75) is 47.2 Å². The number of carbonyl (C=O) groups excluding carboxylic acids is 1. The van der Waals surface area contributed by atoms with Crippen molar-refractivity contribution in [3.05, 3.63) is 80.1 Å². The number of rotatable bonds is 10. The smallest absolute Gasteiger partial charge is 0.330 e. The van der Waals surface area contributed by atoms with Crippen LogP contribution in [0.5, 0.6) is 11.5 Å². The Morgan fingerprint density at radius 3 is 2.44 bits per heavy atom. The van der Waals surface area contributed by atoms with Crippen LogP contribution in [0.25, 0.3) is 11.3 Å². The molecule has 3 aromatic rings. The van der Waals surface area contributed by atoms with Gasteiger partial charge in [0, 0.05) is 38.3 Å². The molecule has 1 aliphatic rings. The first-order chi connectivity index (χ1) is 19.6. The Hall–Kier alpha value is -4.67. The molecule has 0 fully saturated rings. The van der Waals surface area contributed by atoms with Gasteiger partial charge >= 0.3 is 5.69 Å². The Bertz CT molecular complexity index is 1630. The summed E-state index contributed by atoms with van der Waals surface area (Å²) in [6, 6.07) is 9.93. The number of nitrogens with one attached hydrogen (secondary N) is 2. The molecule has 11 heteroatoms. The van der Waals surface area contributed by atoms with Gasteiger partial charge in [-0.3, -0.25) is 13.9 Å². The van der Waals surface area contributed by atoms with Crippen molar-refractivity contribution in [1.29, 1.82) is 0 Å². The van der Waals surface area contributed by atoms with Crippen LogP contribution in [0.3, 0.4) is 0 Å². The molecule has 1 amide bonds. The van der Waals surface area contributed by atoms with E-state index < -0.39 is 11.8 Å². The van der Waals surface area contributed by atoms with Crippen LogP contribution < -0.4 is 37.0 Å². The van der Waals surface area contributed by atoms with Gasteiger partial charge in [0.05, 0.1) is 25.1 Å². The van der Waals surface area contributed by atoms with Gasteiger partial charge < -0.3 is 30.9 Å². The van der Waals surface area contributed by atoms with E-state index in [9.17, 15) is 14.7 Å². The normalized spacial score (nSPS) is 13.2. The van der Waals surface area contributed by atoms with E-state index in [1.165, 1.54) is 7.05 Å². The summed E-state index contributed by atoms with van der Waals surface area (Å²) < 4.78 is 14.7. The number of hydrogen-bond acceptors (Lipinski definition) is 8. The molecular formula is C30H38N6O5. The molecule has 4 rings (SSSR count). The van der Waals surface area contributed by atoms with Crippen molar-refractivity contribution in [2.75, 3.05) is 27.3 Å². The van der Waals surface area contributed by atoms with Crippen molar-refractivity contribution >= 4 is 11.6 Å². The van der Waals surface area contributed by atoms with Crippen LogP contribution in [-0.2, 0) is 24.3 Å². The Morgan fingerprint density at radius 1 is 1.12 bits per heavy atom. The lowest BCUT2D eigenvalue weighted by molar-refractivity contribution is -0.115. The Balaban J connectivity index is 1.90. The lowest BCUT2D eigenvalue weighted by Crippen LogP contribution is -2.44. The standard InChI is InChI=1S/C30H38N6O5/c1-7-41-24-14-20-8-10-35-22(21(20)15-23(24)40-6)16-25(34-26-18(3)12-17(2)13-19(26)4)36(30(35)39)11-9-33-29(38)27(32-5)28(31)37/h12-16,32-33,38H,7-11H2,1-6H3,(H2,31,37). The fourth-order valence-corrected chi connectivity index (χ4v) is 5.27. The lowest BCUT2D eigenvalue weighted by atomic mass is 9.97. The summed E-state index contributed by atoms with van der Waals surface area (Å²) >= 11 is 0. The van der Waals surface area contributed by atoms with Crippen molar-refractivity contribution in [3.63, 3.8) is 0 Å². The number of benzene rings is 2. The number of aromatic nitrogens is 2. The van der Waals surface area contributed by atoms with Crippen LogP contribution in [0.4, 0.5) is 5.69 Å². The largest absolute Gasteiger partial charge is 0.493 e. The Labute approximate surface area is 238 Å². The van der Waals surface area contributed by atoms with E-state index in [0.717, 1.165) is 39.2 Å². The van der Waals surface area contributed by atoms with Crippen LogP contribution in [0.15, 0.2) is 51.7 Å². The van der Waals surface area contributed by atoms with E-state index in [0.29, 0.717) is 36.6 Å². The predicted octanol–water partition coefficient (Wildman–Crippen LogP) is 2.46. The van der Waals surface area contributed by atoms with Crippen LogP contribution in [0, 0.1) is 20.8 Å². The van der Waals surface area contributed by atoms with Gasteiger partial charge in [-0.05, 0) is 62.9 Å². The predicted molar refractivity (Wildman–Crippen MR) is 157 cm³/mol. The Morgan fingerprint density at radius 2 is 1.83 bits per heavy atom. The van der Waals surface area contributed by atoms with E-state index in [1.54, 1.807) is 16.2 Å². The molecule has 1 aliphatic heterocycles. The van der Waals surface area contributed by atoms with Crippen LogP contribution in [0.1, 0.15) is 29.2 Å². The van der Waals surface area contributed by atoms with Crippen LogP contribution >= 0.6 is 0 Å². The topological polar surface area (TPSA) is 145 Å². The molecule has 0 unspecified atom stereocenters. The van der Waals surface area contributed by atoms with Gasteiger partial charge in [0.1, 0.15) is 5.49 Å². The third-order valence-corrected chi connectivity index (χ3v) is 7.09. The summed E-state index contributed by atoms with van der Waals surface area (Å²) in [5.74, 6) is 0.0606. The van der Waals surface area contributed by atoms with Gasteiger partial charge in [0.15, 0.2) is 17.2 Å². The molecule has 0 spiro atoms. The average molecular weight is 563 g/mol.